The Morgan fingerprint density at radius 1 is 1.08 bits per heavy atom. The van der Waals surface area contributed by atoms with Gasteiger partial charge in [0.05, 0.1) is 11.3 Å². The summed E-state index contributed by atoms with van der Waals surface area (Å²) in [6, 6.07) is 6.66. The van der Waals surface area contributed by atoms with E-state index in [1.165, 1.54) is 21.3 Å². The summed E-state index contributed by atoms with van der Waals surface area (Å²) in [6.07, 6.45) is -0.136. The SMILES string of the molecule is O=C1NC(=O)[C@H](CC(=O)N2CCN(S(=O)(=O)c3ccccc3)CC2)N1. The van der Waals surface area contributed by atoms with E-state index in [-0.39, 0.29) is 43.4 Å². The fraction of sp³-hybridized carbons (Fsp3) is 0.400. The summed E-state index contributed by atoms with van der Waals surface area (Å²) >= 11 is 0. The zero-order chi connectivity index (χ0) is 18.0. The molecule has 9 nitrogen and oxygen atoms in total. The van der Waals surface area contributed by atoms with Crippen LogP contribution in [0.25, 0.3) is 0 Å². The second kappa shape index (κ2) is 6.81. The van der Waals surface area contributed by atoms with Gasteiger partial charge in [-0.1, -0.05) is 18.2 Å². The molecule has 0 spiro atoms. The van der Waals surface area contributed by atoms with Crippen LogP contribution in [0.2, 0.25) is 0 Å². The van der Waals surface area contributed by atoms with Crippen LogP contribution < -0.4 is 10.6 Å². The molecule has 2 saturated heterocycles. The van der Waals surface area contributed by atoms with Crippen molar-refractivity contribution in [2.45, 2.75) is 17.4 Å². The smallest absolute Gasteiger partial charge is 0.322 e. The molecule has 2 heterocycles. The summed E-state index contributed by atoms with van der Waals surface area (Å²) in [5, 5.41) is 4.45. The van der Waals surface area contributed by atoms with Crippen LogP contribution in [0.15, 0.2) is 35.2 Å². The minimum absolute atomic E-state index is 0.136. The number of carbonyl (C=O) groups is 3. The Morgan fingerprint density at radius 2 is 1.72 bits per heavy atom. The van der Waals surface area contributed by atoms with Crippen LogP contribution in [0.3, 0.4) is 0 Å². The molecule has 4 amide bonds. The maximum absolute atomic E-state index is 12.5. The molecule has 2 aliphatic rings. The highest BCUT2D eigenvalue weighted by atomic mass is 32.2. The van der Waals surface area contributed by atoms with Crippen LogP contribution >= 0.6 is 0 Å². The molecule has 1 aromatic carbocycles. The third-order valence-electron chi connectivity index (χ3n) is 4.21. The van der Waals surface area contributed by atoms with Crippen LogP contribution in [-0.2, 0) is 19.6 Å². The number of nitrogens with one attached hydrogen (secondary N) is 2. The zero-order valence-corrected chi connectivity index (χ0v) is 14.2. The van der Waals surface area contributed by atoms with E-state index in [1.807, 2.05) is 0 Å². The van der Waals surface area contributed by atoms with Crippen molar-refractivity contribution >= 4 is 27.9 Å². The Kier molecular flexibility index (Phi) is 4.73. The van der Waals surface area contributed by atoms with Gasteiger partial charge in [-0.25, -0.2) is 13.2 Å². The van der Waals surface area contributed by atoms with Gasteiger partial charge in [0.25, 0.3) is 5.91 Å². The Balaban J connectivity index is 1.57. The van der Waals surface area contributed by atoms with Gasteiger partial charge in [-0.15, -0.1) is 0 Å². The molecule has 0 bridgehead atoms. The average Bonchev–Trinajstić information content (AvgIpc) is 2.93. The summed E-state index contributed by atoms with van der Waals surface area (Å²) < 4.78 is 26.4. The molecular weight excluding hydrogens is 348 g/mol. The molecule has 25 heavy (non-hydrogen) atoms. The monoisotopic (exact) mass is 366 g/mol. The molecule has 0 aromatic heterocycles. The van der Waals surface area contributed by atoms with Gasteiger partial charge in [0.1, 0.15) is 6.04 Å². The number of hydrogen-bond acceptors (Lipinski definition) is 5. The van der Waals surface area contributed by atoms with E-state index in [9.17, 15) is 22.8 Å². The number of sulfonamides is 1. The quantitative estimate of drug-likeness (QED) is 0.671. The Labute approximate surface area is 145 Å². The minimum Gasteiger partial charge on any atom is -0.340 e. The first-order valence-corrected chi connectivity index (χ1v) is 9.26. The Bertz CT molecular complexity index is 787. The molecule has 0 radical (unpaired) electrons. The molecule has 0 unspecified atom stereocenters. The van der Waals surface area contributed by atoms with Crippen LogP contribution in [0.5, 0.6) is 0 Å². The minimum atomic E-state index is -3.58. The van der Waals surface area contributed by atoms with Crippen molar-refractivity contribution in [1.82, 2.24) is 19.8 Å². The van der Waals surface area contributed by atoms with E-state index in [4.69, 9.17) is 0 Å². The molecule has 2 fully saturated rings. The molecule has 2 N–H and O–H groups in total. The van der Waals surface area contributed by atoms with E-state index in [0.29, 0.717) is 0 Å². The fourth-order valence-electron chi connectivity index (χ4n) is 2.83. The van der Waals surface area contributed by atoms with Crippen molar-refractivity contribution in [3.63, 3.8) is 0 Å². The maximum atomic E-state index is 12.5. The van der Waals surface area contributed by atoms with Crippen molar-refractivity contribution in [3.05, 3.63) is 30.3 Å². The fourth-order valence-corrected chi connectivity index (χ4v) is 4.27. The predicted octanol–water partition coefficient (Wildman–Crippen LogP) is -0.882. The molecule has 3 rings (SSSR count). The number of piperazine rings is 1. The lowest BCUT2D eigenvalue weighted by atomic mass is 10.2. The average molecular weight is 366 g/mol. The lowest BCUT2D eigenvalue weighted by Crippen LogP contribution is -2.51. The third-order valence-corrected chi connectivity index (χ3v) is 6.12. The van der Waals surface area contributed by atoms with Crippen LogP contribution in [0.1, 0.15) is 6.42 Å². The lowest BCUT2D eigenvalue weighted by Gasteiger charge is -2.34. The number of hydrogen-bond donors (Lipinski definition) is 2. The van der Waals surface area contributed by atoms with Gasteiger partial charge >= 0.3 is 6.03 Å². The van der Waals surface area contributed by atoms with Crippen molar-refractivity contribution in [2.24, 2.45) is 0 Å². The highest BCUT2D eigenvalue weighted by Crippen LogP contribution is 2.17. The Morgan fingerprint density at radius 3 is 2.28 bits per heavy atom. The number of amides is 4. The van der Waals surface area contributed by atoms with E-state index in [2.05, 4.69) is 10.6 Å². The molecule has 1 aromatic rings. The van der Waals surface area contributed by atoms with Crippen LogP contribution in [0.4, 0.5) is 4.79 Å². The molecule has 0 saturated carbocycles. The largest absolute Gasteiger partial charge is 0.340 e. The molecule has 0 aliphatic carbocycles. The molecular formula is C15H18N4O5S. The van der Waals surface area contributed by atoms with Gasteiger partial charge in [0.2, 0.25) is 15.9 Å². The summed E-state index contributed by atoms with van der Waals surface area (Å²) in [5.74, 6) is -0.817. The highest BCUT2D eigenvalue weighted by Gasteiger charge is 2.34. The van der Waals surface area contributed by atoms with E-state index < -0.39 is 28.0 Å². The third kappa shape index (κ3) is 3.64. The highest BCUT2D eigenvalue weighted by molar-refractivity contribution is 7.89. The summed E-state index contributed by atoms with van der Waals surface area (Å²) in [6.45, 7) is 0.860. The van der Waals surface area contributed by atoms with E-state index in [0.717, 1.165) is 0 Å². The molecule has 2 aliphatic heterocycles. The summed E-state index contributed by atoms with van der Waals surface area (Å²) in [4.78, 5) is 36.5. The van der Waals surface area contributed by atoms with Crippen LogP contribution in [0, 0.1) is 0 Å². The lowest BCUT2D eigenvalue weighted by molar-refractivity contribution is -0.134. The first kappa shape index (κ1) is 17.4. The second-order valence-electron chi connectivity index (χ2n) is 5.82. The molecule has 134 valence electrons. The summed E-state index contributed by atoms with van der Waals surface area (Å²) in [7, 11) is -3.58. The second-order valence-corrected chi connectivity index (χ2v) is 7.76. The van der Waals surface area contributed by atoms with Crippen molar-refractivity contribution in [1.29, 1.82) is 0 Å². The van der Waals surface area contributed by atoms with Gasteiger partial charge in [0.15, 0.2) is 0 Å². The summed E-state index contributed by atoms with van der Waals surface area (Å²) in [5.41, 5.74) is 0. The van der Waals surface area contributed by atoms with Gasteiger partial charge in [0, 0.05) is 26.2 Å². The van der Waals surface area contributed by atoms with Gasteiger partial charge in [-0.3, -0.25) is 14.9 Å². The van der Waals surface area contributed by atoms with Gasteiger partial charge in [-0.2, -0.15) is 4.31 Å². The molecule has 1 atom stereocenters. The number of benzene rings is 1. The van der Waals surface area contributed by atoms with Crippen LogP contribution in [-0.4, -0.2) is 67.7 Å². The number of carbonyl (C=O) groups excluding carboxylic acids is 3. The zero-order valence-electron chi connectivity index (χ0n) is 13.3. The number of rotatable bonds is 4. The predicted molar refractivity (Wildman–Crippen MR) is 86.9 cm³/mol. The molecule has 10 heteroatoms. The van der Waals surface area contributed by atoms with Crippen molar-refractivity contribution in [2.75, 3.05) is 26.2 Å². The first-order chi connectivity index (χ1) is 11.9. The maximum Gasteiger partial charge on any atom is 0.322 e. The number of nitrogens with zero attached hydrogens (tertiary/aromatic N) is 2. The number of imide groups is 1. The number of urea groups is 1. The normalized spacial score (nSPS) is 21.8. The Hall–Kier alpha value is -2.46. The van der Waals surface area contributed by atoms with E-state index >= 15 is 0 Å². The first-order valence-electron chi connectivity index (χ1n) is 7.82. The van der Waals surface area contributed by atoms with Crippen molar-refractivity contribution in [3.8, 4) is 0 Å². The van der Waals surface area contributed by atoms with E-state index in [1.54, 1.807) is 18.2 Å². The van der Waals surface area contributed by atoms with Gasteiger partial charge < -0.3 is 10.2 Å². The van der Waals surface area contributed by atoms with Gasteiger partial charge in [-0.05, 0) is 12.1 Å². The topological polar surface area (TPSA) is 116 Å². The standard InChI is InChI=1S/C15H18N4O5S/c20-13(10-12-14(21)17-15(22)16-12)18-6-8-19(9-7-18)25(23,24)11-4-2-1-3-5-11/h1-5,12H,6-10H2,(H2,16,17,21,22)/t12-/m0/s1. The van der Waals surface area contributed by atoms with Crippen molar-refractivity contribution < 1.29 is 22.8 Å².